The second kappa shape index (κ2) is 7.38. The summed E-state index contributed by atoms with van der Waals surface area (Å²) in [6.07, 6.45) is 0. The van der Waals surface area contributed by atoms with Gasteiger partial charge in [0, 0.05) is 29.1 Å². The third-order valence-electron chi connectivity index (χ3n) is 4.59. The maximum atomic E-state index is 14.2. The molecule has 1 aromatic heterocycles. The lowest BCUT2D eigenvalue weighted by molar-refractivity contribution is 0.560. The first-order valence-corrected chi connectivity index (χ1v) is 9.00. The quantitative estimate of drug-likeness (QED) is 0.488. The standard InChI is InChI=1S/C22H18F3N3/c1-2-26-20-5-3-4-18-21(20)27-28(13-15-8-11-17(24)12-19(15)25)22(18)14-6-9-16(23)10-7-14/h3-12,26H,2,13H2,1H3. The number of hydrogen-bond donors (Lipinski definition) is 1. The van der Waals surface area contributed by atoms with Crippen LogP contribution in [-0.2, 0) is 6.54 Å². The van der Waals surface area contributed by atoms with Crippen LogP contribution in [0, 0.1) is 17.5 Å². The van der Waals surface area contributed by atoms with Crippen LogP contribution in [0.2, 0.25) is 0 Å². The average molecular weight is 381 g/mol. The summed E-state index contributed by atoms with van der Waals surface area (Å²) in [7, 11) is 0. The molecule has 0 atom stereocenters. The number of aromatic nitrogens is 2. The summed E-state index contributed by atoms with van der Waals surface area (Å²) >= 11 is 0. The Morgan fingerprint density at radius 3 is 2.39 bits per heavy atom. The lowest BCUT2D eigenvalue weighted by Crippen LogP contribution is -2.06. The summed E-state index contributed by atoms with van der Waals surface area (Å²) in [5.74, 6) is -1.59. The van der Waals surface area contributed by atoms with Crippen molar-refractivity contribution in [3.8, 4) is 11.3 Å². The Morgan fingerprint density at radius 1 is 0.929 bits per heavy atom. The minimum Gasteiger partial charge on any atom is -0.384 e. The van der Waals surface area contributed by atoms with E-state index in [9.17, 15) is 13.2 Å². The molecule has 4 rings (SSSR count). The van der Waals surface area contributed by atoms with Gasteiger partial charge in [0.25, 0.3) is 0 Å². The van der Waals surface area contributed by atoms with E-state index in [1.807, 2.05) is 25.1 Å². The Morgan fingerprint density at radius 2 is 1.68 bits per heavy atom. The number of nitrogens with one attached hydrogen (secondary N) is 1. The van der Waals surface area contributed by atoms with Gasteiger partial charge in [-0.05, 0) is 43.3 Å². The van der Waals surface area contributed by atoms with E-state index in [1.165, 1.54) is 24.3 Å². The Hall–Kier alpha value is -3.28. The first-order chi connectivity index (χ1) is 13.6. The smallest absolute Gasteiger partial charge is 0.131 e. The van der Waals surface area contributed by atoms with Crippen molar-refractivity contribution in [1.29, 1.82) is 0 Å². The molecule has 3 aromatic carbocycles. The van der Waals surface area contributed by atoms with Gasteiger partial charge in [-0.15, -0.1) is 0 Å². The Kier molecular flexibility index (Phi) is 4.77. The third-order valence-corrected chi connectivity index (χ3v) is 4.59. The van der Waals surface area contributed by atoms with Gasteiger partial charge in [0.15, 0.2) is 0 Å². The summed E-state index contributed by atoms with van der Waals surface area (Å²) in [5.41, 5.74) is 3.44. The molecule has 0 aliphatic heterocycles. The number of halogens is 3. The fourth-order valence-electron chi connectivity index (χ4n) is 3.32. The van der Waals surface area contributed by atoms with Crippen LogP contribution in [0.5, 0.6) is 0 Å². The minimum absolute atomic E-state index is 0.124. The molecule has 0 saturated carbocycles. The van der Waals surface area contributed by atoms with Crippen LogP contribution in [-0.4, -0.2) is 16.3 Å². The molecule has 0 unspecified atom stereocenters. The molecule has 1 N–H and O–H groups in total. The molecule has 0 aliphatic carbocycles. The third kappa shape index (κ3) is 3.33. The van der Waals surface area contributed by atoms with Gasteiger partial charge >= 0.3 is 0 Å². The molecule has 0 aliphatic rings. The van der Waals surface area contributed by atoms with Crippen LogP contribution in [0.15, 0.2) is 60.7 Å². The highest BCUT2D eigenvalue weighted by Gasteiger charge is 2.17. The van der Waals surface area contributed by atoms with Crippen molar-refractivity contribution in [1.82, 2.24) is 9.78 Å². The minimum atomic E-state index is -0.628. The van der Waals surface area contributed by atoms with Crippen LogP contribution in [0.25, 0.3) is 22.2 Å². The van der Waals surface area contributed by atoms with Crippen molar-refractivity contribution in [2.45, 2.75) is 13.5 Å². The fourth-order valence-corrected chi connectivity index (χ4v) is 3.32. The highest BCUT2D eigenvalue weighted by Crippen LogP contribution is 2.33. The number of hydrogen-bond acceptors (Lipinski definition) is 2. The van der Waals surface area contributed by atoms with Gasteiger partial charge in [-0.2, -0.15) is 5.10 Å². The number of fused-ring (bicyclic) bond motifs is 1. The maximum absolute atomic E-state index is 14.2. The van der Waals surface area contributed by atoms with Crippen molar-refractivity contribution >= 4 is 16.6 Å². The van der Waals surface area contributed by atoms with Gasteiger partial charge in [0.1, 0.15) is 23.0 Å². The molecule has 28 heavy (non-hydrogen) atoms. The molecule has 0 bridgehead atoms. The Balaban J connectivity index is 1.91. The molecule has 0 fully saturated rings. The van der Waals surface area contributed by atoms with Gasteiger partial charge in [-0.25, -0.2) is 13.2 Å². The first kappa shape index (κ1) is 18.1. The fraction of sp³-hybridized carbons (Fsp3) is 0.136. The van der Waals surface area contributed by atoms with Gasteiger partial charge in [-0.3, -0.25) is 4.68 Å². The van der Waals surface area contributed by atoms with E-state index in [4.69, 9.17) is 0 Å². The normalized spacial score (nSPS) is 11.1. The Labute approximate surface area is 160 Å². The second-order valence-corrected chi connectivity index (χ2v) is 6.48. The summed E-state index contributed by atoms with van der Waals surface area (Å²) in [4.78, 5) is 0. The second-order valence-electron chi connectivity index (χ2n) is 6.48. The molecule has 0 spiro atoms. The molecular formula is C22H18F3N3. The van der Waals surface area contributed by atoms with Crippen molar-refractivity contribution < 1.29 is 13.2 Å². The zero-order chi connectivity index (χ0) is 19.7. The van der Waals surface area contributed by atoms with Gasteiger partial charge < -0.3 is 5.32 Å². The molecule has 0 saturated heterocycles. The summed E-state index contributed by atoms with van der Waals surface area (Å²) in [6.45, 7) is 2.84. The molecule has 0 amide bonds. The predicted octanol–water partition coefficient (Wildman–Crippen LogP) is 5.60. The van der Waals surface area contributed by atoms with Gasteiger partial charge in [-0.1, -0.05) is 18.2 Å². The number of rotatable bonds is 5. The highest BCUT2D eigenvalue weighted by atomic mass is 19.1. The van der Waals surface area contributed by atoms with Crippen LogP contribution in [0.3, 0.4) is 0 Å². The summed E-state index contributed by atoms with van der Waals surface area (Å²) < 4.78 is 42.6. The van der Waals surface area contributed by atoms with Gasteiger partial charge in [0.2, 0.25) is 0 Å². The topological polar surface area (TPSA) is 29.9 Å². The highest BCUT2D eigenvalue weighted by molar-refractivity contribution is 5.99. The largest absolute Gasteiger partial charge is 0.384 e. The molecule has 3 nitrogen and oxygen atoms in total. The lowest BCUT2D eigenvalue weighted by Gasteiger charge is -2.09. The van der Waals surface area contributed by atoms with E-state index in [0.29, 0.717) is 5.56 Å². The maximum Gasteiger partial charge on any atom is 0.131 e. The van der Waals surface area contributed by atoms with Crippen molar-refractivity contribution in [2.24, 2.45) is 0 Å². The number of nitrogens with zero attached hydrogens (tertiary/aromatic N) is 2. The summed E-state index contributed by atoms with van der Waals surface area (Å²) in [5, 5.41) is 8.83. The van der Waals surface area contributed by atoms with Crippen LogP contribution in [0.4, 0.5) is 18.9 Å². The Bertz CT molecular complexity index is 1130. The zero-order valence-corrected chi connectivity index (χ0v) is 15.2. The molecule has 6 heteroatoms. The van der Waals surface area contributed by atoms with E-state index in [1.54, 1.807) is 16.8 Å². The van der Waals surface area contributed by atoms with Gasteiger partial charge in [0.05, 0.1) is 17.9 Å². The number of anilines is 1. The average Bonchev–Trinajstić information content (AvgIpc) is 3.04. The monoisotopic (exact) mass is 381 g/mol. The van der Waals surface area contributed by atoms with E-state index in [-0.39, 0.29) is 12.4 Å². The van der Waals surface area contributed by atoms with Crippen LogP contribution < -0.4 is 5.32 Å². The molecular weight excluding hydrogens is 363 g/mol. The predicted molar refractivity (Wildman–Crippen MR) is 105 cm³/mol. The SMILES string of the molecule is CCNc1cccc2c(-c3ccc(F)cc3)n(Cc3ccc(F)cc3F)nc12. The lowest BCUT2D eigenvalue weighted by atomic mass is 10.1. The molecule has 1 heterocycles. The first-order valence-electron chi connectivity index (χ1n) is 9.00. The van der Waals surface area contributed by atoms with E-state index >= 15 is 0 Å². The van der Waals surface area contributed by atoms with Crippen LogP contribution >= 0.6 is 0 Å². The van der Waals surface area contributed by atoms with Crippen molar-refractivity contribution in [2.75, 3.05) is 11.9 Å². The van der Waals surface area contributed by atoms with Crippen molar-refractivity contribution in [3.63, 3.8) is 0 Å². The van der Waals surface area contributed by atoms with E-state index in [0.717, 1.165) is 40.5 Å². The van der Waals surface area contributed by atoms with Crippen molar-refractivity contribution in [3.05, 3.63) is 83.7 Å². The van der Waals surface area contributed by atoms with E-state index < -0.39 is 11.6 Å². The molecule has 0 radical (unpaired) electrons. The molecule has 142 valence electrons. The van der Waals surface area contributed by atoms with Crippen LogP contribution in [0.1, 0.15) is 12.5 Å². The molecule has 4 aromatic rings. The number of benzene rings is 3. The van der Waals surface area contributed by atoms with E-state index in [2.05, 4.69) is 10.4 Å². The zero-order valence-electron chi connectivity index (χ0n) is 15.2. The summed E-state index contributed by atoms with van der Waals surface area (Å²) in [6, 6.07) is 15.4.